The van der Waals surface area contributed by atoms with E-state index in [4.69, 9.17) is 34.5 Å². The van der Waals surface area contributed by atoms with Gasteiger partial charge in [0.2, 0.25) is 0 Å². The first-order valence-corrected chi connectivity index (χ1v) is 12.0. The van der Waals surface area contributed by atoms with E-state index >= 15 is 0 Å². The number of anilines is 1. The number of aliphatic hydroxyl groups is 1. The maximum absolute atomic E-state index is 9.49. The Morgan fingerprint density at radius 2 is 1.79 bits per heavy atom. The molecule has 176 valence electrons. The van der Waals surface area contributed by atoms with Crippen LogP contribution in [0.4, 0.5) is 11.4 Å². The summed E-state index contributed by atoms with van der Waals surface area (Å²) in [4.78, 5) is 8.24. The summed E-state index contributed by atoms with van der Waals surface area (Å²) in [6.07, 6.45) is -0.543. The molecule has 1 saturated heterocycles. The molecule has 0 saturated carbocycles. The Kier molecular flexibility index (Phi) is 7.97. The standard InChI is InChI=1S/C27H27Cl2N3O2/c1-19(33)18-34-24-11-12-26(25(29)15-24)32-14-13-31(16-20-3-9-23(30-2)10-4-20)17-27(32)21-5-7-22(28)8-6-21/h3-12,15,19,27,33H,13-14,16-18H2,1H3/t19-,27+/m1/s1. The molecule has 0 amide bonds. The third-order valence-electron chi connectivity index (χ3n) is 5.91. The van der Waals surface area contributed by atoms with Gasteiger partial charge in [-0.05, 0) is 42.3 Å². The fourth-order valence-electron chi connectivity index (χ4n) is 4.20. The molecule has 3 aromatic carbocycles. The summed E-state index contributed by atoms with van der Waals surface area (Å²) in [6, 6.07) is 21.6. The number of benzene rings is 3. The second-order valence-electron chi connectivity index (χ2n) is 8.55. The number of hydrogen-bond donors (Lipinski definition) is 1. The van der Waals surface area contributed by atoms with E-state index < -0.39 is 6.10 Å². The summed E-state index contributed by atoms with van der Waals surface area (Å²) in [5.41, 5.74) is 3.96. The molecule has 34 heavy (non-hydrogen) atoms. The Balaban J connectivity index is 1.57. The Hall–Kier alpha value is -2.75. The summed E-state index contributed by atoms with van der Waals surface area (Å²) >= 11 is 12.9. The minimum absolute atomic E-state index is 0.0928. The van der Waals surface area contributed by atoms with E-state index in [0.29, 0.717) is 21.5 Å². The normalized spacial score (nSPS) is 17.3. The molecule has 4 rings (SSSR count). The fourth-order valence-corrected chi connectivity index (χ4v) is 4.61. The lowest BCUT2D eigenvalue weighted by atomic mass is 10.0. The van der Waals surface area contributed by atoms with Gasteiger partial charge >= 0.3 is 0 Å². The third kappa shape index (κ3) is 6.02. The summed E-state index contributed by atoms with van der Waals surface area (Å²) in [5.74, 6) is 0.638. The van der Waals surface area contributed by atoms with Crippen molar-refractivity contribution < 1.29 is 9.84 Å². The first kappa shape index (κ1) is 24.4. The molecule has 0 radical (unpaired) electrons. The summed E-state index contributed by atoms with van der Waals surface area (Å²) in [7, 11) is 0. The molecule has 1 fully saturated rings. The molecule has 2 atom stereocenters. The van der Waals surface area contributed by atoms with Crippen molar-refractivity contribution >= 4 is 34.6 Å². The van der Waals surface area contributed by atoms with Crippen LogP contribution in [-0.2, 0) is 6.54 Å². The van der Waals surface area contributed by atoms with Gasteiger partial charge in [0.25, 0.3) is 0 Å². The van der Waals surface area contributed by atoms with Crippen LogP contribution in [0.3, 0.4) is 0 Å². The second kappa shape index (κ2) is 11.1. The van der Waals surface area contributed by atoms with Crippen molar-refractivity contribution in [3.63, 3.8) is 0 Å². The SMILES string of the molecule is [C-]#[N+]c1ccc(CN2CCN(c3ccc(OC[C@@H](C)O)cc3Cl)[C@H](c3ccc(Cl)cc3)C2)cc1. The van der Waals surface area contributed by atoms with Crippen LogP contribution in [0.2, 0.25) is 10.0 Å². The van der Waals surface area contributed by atoms with Gasteiger partial charge in [0, 0.05) is 37.3 Å². The molecule has 0 unspecified atom stereocenters. The third-order valence-corrected chi connectivity index (χ3v) is 6.47. The molecule has 1 N–H and O–H groups in total. The predicted octanol–water partition coefficient (Wildman–Crippen LogP) is 6.37. The van der Waals surface area contributed by atoms with Gasteiger partial charge in [-0.1, -0.05) is 59.6 Å². The van der Waals surface area contributed by atoms with Gasteiger partial charge < -0.3 is 14.7 Å². The summed E-state index contributed by atoms with van der Waals surface area (Å²) < 4.78 is 5.62. The first-order chi connectivity index (χ1) is 16.4. The average Bonchev–Trinajstić information content (AvgIpc) is 2.84. The van der Waals surface area contributed by atoms with E-state index in [0.717, 1.165) is 31.9 Å². The summed E-state index contributed by atoms with van der Waals surface area (Å²) in [6.45, 7) is 12.4. The highest BCUT2D eigenvalue weighted by atomic mass is 35.5. The Morgan fingerprint density at radius 1 is 1.06 bits per heavy atom. The van der Waals surface area contributed by atoms with Crippen molar-refractivity contribution in [1.29, 1.82) is 0 Å². The van der Waals surface area contributed by atoms with Crippen molar-refractivity contribution in [3.8, 4) is 5.75 Å². The summed E-state index contributed by atoms with van der Waals surface area (Å²) in [5, 5.41) is 10.8. The lowest BCUT2D eigenvalue weighted by Crippen LogP contribution is -2.48. The zero-order valence-electron chi connectivity index (χ0n) is 19.0. The minimum Gasteiger partial charge on any atom is -0.491 e. The molecule has 1 aliphatic heterocycles. The smallest absolute Gasteiger partial charge is 0.187 e. The Morgan fingerprint density at radius 3 is 2.44 bits per heavy atom. The van der Waals surface area contributed by atoms with Gasteiger partial charge in [0.15, 0.2) is 5.69 Å². The van der Waals surface area contributed by atoms with E-state index in [1.165, 1.54) is 11.1 Å². The van der Waals surface area contributed by atoms with Gasteiger partial charge in [-0.2, -0.15) is 0 Å². The van der Waals surface area contributed by atoms with Crippen LogP contribution in [0.15, 0.2) is 66.7 Å². The number of halogens is 2. The van der Waals surface area contributed by atoms with Gasteiger partial charge in [0.1, 0.15) is 12.4 Å². The highest BCUT2D eigenvalue weighted by Crippen LogP contribution is 2.37. The molecular weight excluding hydrogens is 469 g/mol. The second-order valence-corrected chi connectivity index (χ2v) is 9.39. The molecule has 3 aromatic rings. The number of aliphatic hydroxyl groups excluding tert-OH is 1. The maximum atomic E-state index is 9.49. The van der Waals surface area contributed by atoms with E-state index in [9.17, 15) is 5.11 Å². The minimum atomic E-state index is -0.543. The van der Waals surface area contributed by atoms with Crippen molar-refractivity contribution in [2.24, 2.45) is 0 Å². The zero-order chi connectivity index (χ0) is 24.1. The van der Waals surface area contributed by atoms with Gasteiger partial charge in [-0.15, -0.1) is 0 Å². The van der Waals surface area contributed by atoms with Crippen molar-refractivity contribution in [3.05, 3.63) is 99.3 Å². The lowest BCUT2D eigenvalue weighted by Gasteiger charge is -2.43. The van der Waals surface area contributed by atoms with Crippen LogP contribution >= 0.6 is 23.2 Å². The van der Waals surface area contributed by atoms with Crippen LogP contribution in [-0.4, -0.2) is 42.4 Å². The van der Waals surface area contributed by atoms with E-state index in [1.807, 2.05) is 54.6 Å². The Labute approximate surface area is 210 Å². The van der Waals surface area contributed by atoms with Gasteiger partial charge in [-0.3, -0.25) is 4.90 Å². The van der Waals surface area contributed by atoms with E-state index in [2.05, 4.69) is 26.8 Å². The highest BCUT2D eigenvalue weighted by molar-refractivity contribution is 6.33. The van der Waals surface area contributed by atoms with Crippen LogP contribution in [0.1, 0.15) is 24.1 Å². The fraction of sp³-hybridized carbons (Fsp3) is 0.296. The first-order valence-electron chi connectivity index (χ1n) is 11.2. The van der Waals surface area contributed by atoms with E-state index in [1.54, 1.807) is 6.92 Å². The molecule has 0 spiro atoms. The molecule has 1 heterocycles. The molecule has 1 aliphatic rings. The van der Waals surface area contributed by atoms with Gasteiger partial charge in [0.05, 0.1) is 29.4 Å². The van der Waals surface area contributed by atoms with Gasteiger partial charge in [-0.25, -0.2) is 4.85 Å². The van der Waals surface area contributed by atoms with E-state index in [-0.39, 0.29) is 12.6 Å². The van der Waals surface area contributed by atoms with Crippen LogP contribution in [0.5, 0.6) is 5.75 Å². The monoisotopic (exact) mass is 495 g/mol. The molecular formula is C27H27Cl2N3O2. The number of piperazine rings is 1. The zero-order valence-corrected chi connectivity index (χ0v) is 20.5. The highest BCUT2D eigenvalue weighted by Gasteiger charge is 2.30. The number of nitrogens with zero attached hydrogens (tertiary/aromatic N) is 3. The van der Waals surface area contributed by atoms with Crippen molar-refractivity contribution in [1.82, 2.24) is 4.90 Å². The van der Waals surface area contributed by atoms with Crippen LogP contribution in [0.25, 0.3) is 4.85 Å². The van der Waals surface area contributed by atoms with Crippen LogP contribution in [0, 0.1) is 6.57 Å². The predicted molar refractivity (Wildman–Crippen MR) is 138 cm³/mol. The molecule has 0 bridgehead atoms. The van der Waals surface area contributed by atoms with Crippen LogP contribution < -0.4 is 9.64 Å². The molecule has 0 aromatic heterocycles. The topological polar surface area (TPSA) is 40.3 Å². The molecule has 5 nitrogen and oxygen atoms in total. The maximum Gasteiger partial charge on any atom is 0.187 e. The lowest BCUT2D eigenvalue weighted by molar-refractivity contribution is 0.123. The number of ether oxygens (including phenoxy) is 1. The number of hydrogen-bond acceptors (Lipinski definition) is 4. The number of rotatable bonds is 7. The average molecular weight is 496 g/mol. The van der Waals surface area contributed by atoms with Crippen molar-refractivity contribution in [2.45, 2.75) is 25.6 Å². The largest absolute Gasteiger partial charge is 0.491 e. The molecule has 0 aliphatic carbocycles. The Bertz CT molecular complexity index is 1140. The quantitative estimate of drug-likeness (QED) is 0.386. The van der Waals surface area contributed by atoms with Crippen molar-refractivity contribution in [2.75, 3.05) is 31.1 Å². The molecule has 7 heteroatoms.